The number of rotatable bonds is 3. The Kier molecular flexibility index (Phi) is 9.81. The summed E-state index contributed by atoms with van der Waals surface area (Å²) < 4.78 is 63.5. The van der Waals surface area contributed by atoms with Gasteiger partial charge in [0.25, 0.3) is 0 Å². The highest BCUT2D eigenvalue weighted by Crippen LogP contribution is 2.35. The molecule has 2 aromatic heterocycles. The monoisotopic (exact) mass is 541 g/mol. The van der Waals surface area contributed by atoms with Gasteiger partial charge in [0.15, 0.2) is 0 Å². The molecule has 198 valence electrons. The minimum Gasteiger partial charge on any atom is -0.475 e. The number of hydrogen-bond donors (Lipinski definition) is 2. The second kappa shape index (κ2) is 12.2. The molecule has 4 rings (SSSR count). The van der Waals surface area contributed by atoms with Crippen molar-refractivity contribution in [1.82, 2.24) is 9.88 Å². The highest BCUT2D eigenvalue weighted by atomic mass is 32.1. The normalized spacial score (nSPS) is 19.9. The summed E-state index contributed by atoms with van der Waals surface area (Å²) in [5.41, 5.74) is 2.33. The van der Waals surface area contributed by atoms with Crippen LogP contribution in [0.2, 0.25) is 0 Å². The summed E-state index contributed by atoms with van der Waals surface area (Å²) in [7, 11) is 0. The van der Waals surface area contributed by atoms with Gasteiger partial charge in [-0.3, -0.25) is 14.7 Å². The molecule has 2 aromatic rings. The van der Waals surface area contributed by atoms with Gasteiger partial charge in [-0.25, -0.2) is 9.59 Å². The van der Waals surface area contributed by atoms with E-state index in [4.69, 9.17) is 19.8 Å². The molecule has 1 amide bonds. The van der Waals surface area contributed by atoms with Crippen LogP contribution in [0.4, 0.5) is 32.0 Å². The third kappa shape index (κ3) is 8.19. The van der Waals surface area contributed by atoms with Crippen LogP contribution in [0, 0.1) is 0 Å². The molecule has 0 aliphatic carbocycles. The van der Waals surface area contributed by atoms with Crippen LogP contribution < -0.4 is 4.90 Å². The Morgan fingerprint density at radius 2 is 1.64 bits per heavy atom. The number of aliphatic carboxylic acids is 2. The van der Waals surface area contributed by atoms with Gasteiger partial charge < -0.3 is 15.1 Å². The molecule has 2 aliphatic heterocycles. The molecule has 0 unspecified atom stereocenters. The van der Waals surface area contributed by atoms with Crippen LogP contribution >= 0.6 is 11.3 Å². The molecule has 0 bridgehead atoms. The predicted octanol–water partition coefficient (Wildman–Crippen LogP) is 4.18. The number of anilines is 1. The second-order valence-electron chi connectivity index (χ2n) is 7.64. The number of halogens is 6. The SMILES string of the molecule is O=C(O)C(F)(F)F.O=C(O)C(F)(F)F.O=C1CC[C@H]2[C@H](CCN2Cc2ccsc2)N1c1cccnc1. The van der Waals surface area contributed by atoms with Crippen molar-refractivity contribution in [3.8, 4) is 0 Å². The average Bonchev–Trinajstić information content (AvgIpc) is 3.44. The van der Waals surface area contributed by atoms with Gasteiger partial charge in [0.05, 0.1) is 17.9 Å². The van der Waals surface area contributed by atoms with E-state index in [9.17, 15) is 31.1 Å². The molecule has 15 heteroatoms. The van der Waals surface area contributed by atoms with Crippen molar-refractivity contribution in [2.24, 2.45) is 0 Å². The van der Waals surface area contributed by atoms with E-state index < -0.39 is 24.3 Å². The lowest BCUT2D eigenvalue weighted by atomic mass is 9.95. The molecule has 36 heavy (non-hydrogen) atoms. The van der Waals surface area contributed by atoms with Gasteiger partial charge in [-0.2, -0.15) is 37.7 Å². The second-order valence-corrected chi connectivity index (χ2v) is 8.42. The fraction of sp³-hybridized carbons (Fsp3) is 0.429. The maximum absolute atomic E-state index is 12.4. The Hall–Kier alpha value is -3.20. The number of carboxylic acids is 2. The smallest absolute Gasteiger partial charge is 0.475 e. The summed E-state index contributed by atoms with van der Waals surface area (Å²) >= 11 is 1.75. The van der Waals surface area contributed by atoms with Crippen molar-refractivity contribution in [1.29, 1.82) is 0 Å². The van der Waals surface area contributed by atoms with Crippen LogP contribution in [0.1, 0.15) is 24.8 Å². The summed E-state index contributed by atoms with van der Waals surface area (Å²) in [4.78, 5) is 39.0. The van der Waals surface area contributed by atoms with E-state index in [-0.39, 0.29) is 5.91 Å². The largest absolute Gasteiger partial charge is 0.490 e. The maximum atomic E-state index is 12.4. The van der Waals surface area contributed by atoms with Gasteiger partial charge >= 0.3 is 24.3 Å². The van der Waals surface area contributed by atoms with Crippen molar-refractivity contribution >= 4 is 34.9 Å². The molecule has 2 fully saturated rings. The molecule has 0 spiro atoms. The highest BCUT2D eigenvalue weighted by Gasteiger charge is 2.43. The number of carboxylic acid groups (broad SMARTS) is 2. The van der Waals surface area contributed by atoms with Gasteiger partial charge in [0.1, 0.15) is 0 Å². The lowest BCUT2D eigenvalue weighted by Crippen LogP contribution is -2.52. The Balaban J connectivity index is 0.000000271. The maximum Gasteiger partial charge on any atom is 0.490 e. The number of alkyl halides is 6. The molecular weight excluding hydrogens is 520 g/mol. The molecule has 8 nitrogen and oxygen atoms in total. The lowest BCUT2D eigenvalue weighted by molar-refractivity contribution is -0.193. The van der Waals surface area contributed by atoms with E-state index in [1.54, 1.807) is 17.5 Å². The molecule has 0 radical (unpaired) electrons. The summed E-state index contributed by atoms with van der Waals surface area (Å²) in [5.74, 6) is -5.27. The lowest BCUT2D eigenvalue weighted by Gasteiger charge is -2.39. The van der Waals surface area contributed by atoms with Gasteiger partial charge in [-0.15, -0.1) is 0 Å². The Bertz CT molecular complexity index is 993. The van der Waals surface area contributed by atoms with Crippen molar-refractivity contribution in [2.75, 3.05) is 11.4 Å². The summed E-state index contributed by atoms with van der Waals surface area (Å²) in [6.45, 7) is 2.06. The summed E-state index contributed by atoms with van der Waals surface area (Å²) in [6, 6.07) is 6.87. The minimum absolute atomic E-state index is 0.242. The van der Waals surface area contributed by atoms with Crippen LogP contribution in [0.5, 0.6) is 0 Å². The zero-order chi connectivity index (χ0) is 27.1. The highest BCUT2D eigenvalue weighted by molar-refractivity contribution is 7.07. The first-order chi connectivity index (χ1) is 16.7. The van der Waals surface area contributed by atoms with Crippen LogP contribution in [-0.4, -0.2) is 68.9 Å². The Morgan fingerprint density at radius 3 is 2.11 bits per heavy atom. The fourth-order valence-electron chi connectivity index (χ4n) is 3.80. The summed E-state index contributed by atoms with van der Waals surface area (Å²) in [6.07, 6.45) is -3.94. The van der Waals surface area contributed by atoms with Crippen LogP contribution in [0.3, 0.4) is 0 Å². The number of pyridine rings is 1. The minimum atomic E-state index is -5.08. The fourth-order valence-corrected chi connectivity index (χ4v) is 4.46. The van der Waals surface area contributed by atoms with Crippen molar-refractivity contribution in [3.63, 3.8) is 0 Å². The number of carbonyl (C=O) groups excluding carboxylic acids is 1. The number of fused-ring (bicyclic) bond motifs is 1. The number of carbonyl (C=O) groups is 3. The first-order valence-electron chi connectivity index (χ1n) is 10.3. The van der Waals surface area contributed by atoms with Gasteiger partial charge in [-0.05, 0) is 47.4 Å². The van der Waals surface area contributed by atoms with Crippen molar-refractivity contribution in [3.05, 3.63) is 46.9 Å². The van der Waals surface area contributed by atoms with Crippen molar-refractivity contribution in [2.45, 2.75) is 50.2 Å². The molecule has 0 saturated carbocycles. The Labute approximate surface area is 204 Å². The first-order valence-corrected chi connectivity index (χ1v) is 11.2. The van der Waals surface area contributed by atoms with E-state index >= 15 is 0 Å². The first kappa shape index (κ1) is 29.0. The molecule has 2 N–H and O–H groups in total. The third-order valence-corrected chi connectivity index (χ3v) is 5.99. The number of piperidine rings is 1. The molecule has 2 saturated heterocycles. The molecule has 0 aromatic carbocycles. The zero-order valence-electron chi connectivity index (χ0n) is 18.4. The zero-order valence-corrected chi connectivity index (χ0v) is 19.2. The van der Waals surface area contributed by atoms with E-state index in [1.807, 2.05) is 23.2 Å². The van der Waals surface area contributed by atoms with Crippen molar-refractivity contribution < 1.29 is 50.9 Å². The molecular formula is C21H21F6N3O5S. The average molecular weight is 541 g/mol. The number of thiophene rings is 1. The van der Waals surface area contributed by atoms with E-state index in [2.05, 4.69) is 26.7 Å². The summed E-state index contributed by atoms with van der Waals surface area (Å²) in [5, 5.41) is 18.6. The van der Waals surface area contributed by atoms with Gasteiger partial charge in [-0.1, -0.05) is 0 Å². The van der Waals surface area contributed by atoms with E-state index in [0.29, 0.717) is 18.5 Å². The Morgan fingerprint density at radius 1 is 1.03 bits per heavy atom. The number of nitrogens with zero attached hydrogens (tertiary/aromatic N) is 3. The van der Waals surface area contributed by atoms with Crippen LogP contribution in [-0.2, 0) is 20.9 Å². The van der Waals surface area contributed by atoms with Crippen LogP contribution in [0.25, 0.3) is 0 Å². The number of hydrogen-bond acceptors (Lipinski definition) is 6. The number of likely N-dealkylation sites (tertiary alicyclic amines) is 1. The van der Waals surface area contributed by atoms with Gasteiger partial charge in [0, 0.05) is 31.7 Å². The number of aromatic nitrogens is 1. The molecule has 4 heterocycles. The van der Waals surface area contributed by atoms with Gasteiger partial charge in [0.2, 0.25) is 5.91 Å². The standard InChI is InChI=1S/C17H19N3OS.2C2HF3O2/c21-17-4-3-15-16(20(17)14-2-1-7-18-10-14)5-8-19(15)11-13-6-9-22-12-13;2*3-2(4,5)1(6)7/h1-2,6-7,9-10,12,15-16H,3-5,8,11H2;2*(H,6,7)/t15-,16-;;/m0../s1. The topological polar surface area (TPSA) is 111 Å². The van der Waals surface area contributed by atoms with Crippen LogP contribution in [0.15, 0.2) is 41.4 Å². The quantitative estimate of drug-likeness (QED) is 0.561. The van der Waals surface area contributed by atoms with E-state index in [1.165, 1.54) is 5.56 Å². The third-order valence-electron chi connectivity index (χ3n) is 5.25. The predicted molar refractivity (Wildman–Crippen MR) is 115 cm³/mol. The van der Waals surface area contributed by atoms with E-state index in [0.717, 1.165) is 31.6 Å². The molecule has 2 atom stereocenters. The number of amides is 1. The molecule has 2 aliphatic rings.